The van der Waals surface area contributed by atoms with Gasteiger partial charge >= 0.3 is 5.97 Å². The van der Waals surface area contributed by atoms with Gasteiger partial charge in [0, 0.05) is 23.9 Å². The molecule has 0 unspecified atom stereocenters. The molecule has 0 aliphatic rings. The summed E-state index contributed by atoms with van der Waals surface area (Å²) in [5.74, 6) is -1.09. The van der Waals surface area contributed by atoms with Gasteiger partial charge in [0.2, 0.25) is 0 Å². The summed E-state index contributed by atoms with van der Waals surface area (Å²) in [6, 6.07) is 19.0. The Morgan fingerprint density at radius 2 is 1.72 bits per heavy atom. The van der Waals surface area contributed by atoms with Crippen molar-refractivity contribution >= 4 is 22.8 Å². The Kier molecular flexibility index (Phi) is 5.04. The highest BCUT2D eigenvalue weighted by molar-refractivity contribution is 6.07. The fraction of sp³-hybridized carbons (Fsp3) is 0.150. The van der Waals surface area contributed by atoms with Crippen molar-refractivity contribution in [2.75, 3.05) is 6.54 Å². The molecule has 0 aliphatic heterocycles. The standard InChI is InChI=1S/C20H18N2O3/c23-19(24)11-6-12-21-20(25)16-13-18(14-7-2-1-3-8-14)22-17-10-5-4-9-15(16)17/h1-5,7-10,13H,6,11-12H2,(H,21,25)(H,23,24). The first kappa shape index (κ1) is 16.6. The zero-order chi connectivity index (χ0) is 17.6. The minimum Gasteiger partial charge on any atom is -0.481 e. The number of aliphatic carboxylic acids is 1. The monoisotopic (exact) mass is 334 g/mol. The van der Waals surface area contributed by atoms with Crippen molar-refractivity contribution in [3.8, 4) is 11.3 Å². The van der Waals surface area contributed by atoms with Gasteiger partial charge in [0.15, 0.2) is 0 Å². The van der Waals surface area contributed by atoms with Gasteiger partial charge < -0.3 is 10.4 Å². The highest BCUT2D eigenvalue weighted by atomic mass is 16.4. The number of hydrogen-bond donors (Lipinski definition) is 2. The van der Waals surface area contributed by atoms with Crippen LogP contribution in [0.1, 0.15) is 23.2 Å². The van der Waals surface area contributed by atoms with E-state index >= 15 is 0 Å². The van der Waals surface area contributed by atoms with E-state index in [1.165, 1.54) is 0 Å². The Hall–Kier alpha value is -3.21. The second-order valence-corrected chi connectivity index (χ2v) is 5.69. The van der Waals surface area contributed by atoms with Gasteiger partial charge in [-0.2, -0.15) is 0 Å². The Bertz CT molecular complexity index is 907. The van der Waals surface area contributed by atoms with Crippen molar-refractivity contribution in [3.63, 3.8) is 0 Å². The minimum absolute atomic E-state index is 0.0344. The number of pyridine rings is 1. The molecular formula is C20H18N2O3. The Morgan fingerprint density at radius 1 is 1.00 bits per heavy atom. The summed E-state index contributed by atoms with van der Waals surface area (Å²) in [6.45, 7) is 0.322. The minimum atomic E-state index is -0.866. The SMILES string of the molecule is O=C(O)CCCNC(=O)c1cc(-c2ccccc2)nc2ccccc12. The molecule has 25 heavy (non-hydrogen) atoms. The molecular weight excluding hydrogens is 316 g/mol. The smallest absolute Gasteiger partial charge is 0.303 e. The van der Waals surface area contributed by atoms with Crippen LogP contribution in [0.4, 0.5) is 0 Å². The van der Waals surface area contributed by atoms with Crippen LogP contribution in [0, 0.1) is 0 Å². The van der Waals surface area contributed by atoms with Gasteiger partial charge in [-0.15, -0.1) is 0 Å². The van der Waals surface area contributed by atoms with Crippen LogP contribution in [0.25, 0.3) is 22.2 Å². The maximum Gasteiger partial charge on any atom is 0.303 e. The van der Waals surface area contributed by atoms with E-state index < -0.39 is 5.97 Å². The predicted molar refractivity (Wildman–Crippen MR) is 96.4 cm³/mol. The van der Waals surface area contributed by atoms with Crippen molar-refractivity contribution < 1.29 is 14.7 Å². The average Bonchev–Trinajstić information content (AvgIpc) is 2.64. The third-order valence-electron chi connectivity index (χ3n) is 3.88. The maximum atomic E-state index is 12.6. The van der Waals surface area contributed by atoms with Crippen molar-refractivity contribution in [2.45, 2.75) is 12.8 Å². The van der Waals surface area contributed by atoms with E-state index in [4.69, 9.17) is 5.11 Å². The number of hydrogen-bond acceptors (Lipinski definition) is 3. The van der Waals surface area contributed by atoms with Crippen LogP contribution < -0.4 is 5.32 Å². The van der Waals surface area contributed by atoms with Crippen molar-refractivity contribution in [1.82, 2.24) is 10.3 Å². The van der Waals surface area contributed by atoms with E-state index in [-0.39, 0.29) is 12.3 Å². The van der Waals surface area contributed by atoms with E-state index in [1.807, 2.05) is 54.6 Å². The van der Waals surface area contributed by atoms with Gasteiger partial charge in [-0.1, -0.05) is 48.5 Å². The number of aromatic nitrogens is 1. The molecule has 3 rings (SSSR count). The molecule has 2 aromatic carbocycles. The van der Waals surface area contributed by atoms with Crippen molar-refractivity contribution in [1.29, 1.82) is 0 Å². The molecule has 1 amide bonds. The summed E-state index contributed by atoms with van der Waals surface area (Å²) in [5.41, 5.74) is 2.96. The number of rotatable bonds is 6. The Labute approximate surface area is 145 Å². The molecule has 126 valence electrons. The summed E-state index contributed by atoms with van der Waals surface area (Å²) in [6.07, 6.45) is 0.433. The van der Waals surface area contributed by atoms with E-state index in [2.05, 4.69) is 10.3 Å². The molecule has 0 fully saturated rings. The number of benzene rings is 2. The largest absolute Gasteiger partial charge is 0.481 e. The number of carbonyl (C=O) groups is 2. The van der Waals surface area contributed by atoms with Gasteiger partial charge in [0.05, 0.1) is 16.8 Å². The maximum absolute atomic E-state index is 12.6. The van der Waals surface area contributed by atoms with Gasteiger partial charge in [0.1, 0.15) is 0 Å². The van der Waals surface area contributed by atoms with E-state index in [1.54, 1.807) is 6.07 Å². The van der Waals surface area contributed by atoms with Crippen molar-refractivity contribution in [3.05, 3.63) is 66.2 Å². The quantitative estimate of drug-likeness (QED) is 0.676. The molecule has 0 bridgehead atoms. The fourth-order valence-corrected chi connectivity index (χ4v) is 2.66. The molecule has 1 aromatic heterocycles. The van der Waals surface area contributed by atoms with Gasteiger partial charge in [-0.25, -0.2) is 4.98 Å². The molecule has 0 radical (unpaired) electrons. The number of carboxylic acid groups (broad SMARTS) is 1. The highest BCUT2D eigenvalue weighted by Crippen LogP contribution is 2.24. The van der Waals surface area contributed by atoms with Crippen LogP contribution in [0.5, 0.6) is 0 Å². The molecule has 3 aromatic rings. The topological polar surface area (TPSA) is 79.3 Å². The van der Waals surface area contributed by atoms with Gasteiger partial charge in [-0.3, -0.25) is 9.59 Å². The molecule has 0 saturated carbocycles. The molecule has 0 atom stereocenters. The molecule has 2 N–H and O–H groups in total. The van der Waals surface area contributed by atoms with Crippen LogP contribution in [0.3, 0.4) is 0 Å². The second-order valence-electron chi connectivity index (χ2n) is 5.69. The number of carbonyl (C=O) groups excluding carboxylic acids is 1. The average molecular weight is 334 g/mol. The van der Waals surface area contributed by atoms with E-state index in [0.717, 1.165) is 22.2 Å². The van der Waals surface area contributed by atoms with E-state index in [9.17, 15) is 9.59 Å². The third-order valence-corrected chi connectivity index (χ3v) is 3.88. The number of carboxylic acids is 1. The van der Waals surface area contributed by atoms with Gasteiger partial charge in [0.25, 0.3) is 5.91 Å². The number of nitrogens with zero attached hydrogens (tertiary/aromatic N) is 1. The molecule has 5 nitrogen and oxygen atoms in total. The van der Waals surface area contributed by atoms with Crippen LogP contribution in [-0.4, -0.2) is 28.5 Å². The van der Waals surface area contributed by atoms with Gasteiger partial charge in [-0.05, 0) is 18.6 Å². The Morgan fingerprint density at radius 3 is 2.48 bits per heavy atom. The summed E-state index contributed by atoms with van der Waals surface area (Å²) in [5, 5.41) is 12.2. The first-order valence-corrected chi connectivity index (χ1v) is 8.10. The lowest BCUT2D eigenvalue weighted by Gasteiger charge is -2.10. The molecule has 0 spiro atoms. The number of amides is 1. The second kappa shape index (κ2) is 7.57. The lowest BCUT2D eigenvalue weighted by atomic mass is 10.0. The lowest BCUT2D eigenvalue weighted by Crippen LogP contribution is -2.25. The van der Waals surface area contributed by atoms with Crippen LogP contribution >= 0.6 is 0 Å². The Balaban J connectivity index is 1.93. The highest BCUT2D eigenvalue weighted by Gasteiger charge is 2.13. The lowest BCUT2D eigenvalue weighted by molar-refractivity contribution is -0.137. The van der Waals surface area contributed by atoms with Crippen LogP contribution in [-0.2, 0) is 4.79 Å². The van der Waals surface area contributed by atoms with E-state index in [0.29, 0.717) is 18.5 Å². The summed E-state index contributed by atoms with van der Waals surface area (Å²) in [4.78, 5) is 27.8. The van der Waals surface area contributed by atoms with Crippen LogP contribution in [0.2, 0.25) is 0 Å². The molecule has 0 aliphatic carbocycles. The molecule has 0 saturated heterocycles. The van der Waals surface area contributed by atoms with Crippen molar-refractivity contribution in [2.24, 2.45) is 0 Å². The summed E-state index contributed by atoms with van der Waals surface area (Å²) in [7, 11) is 0. The predicted octanol–water partition coefficient (Wildman–Crippen LogP) is 3.50. The molecule has 5 heteroatoms. The fourth-order valence-electron chi connectivity index (χ4n) is 2.66. The zero-order valence-electron chi connectivity index (χ0n) is 13.6. The number of para-hydroxylation sites is 1. The normalized spacial score (nSPS) is 10.6. The number of fused-ring (bicyclic) bond motifs is 1. The first-order chi connectivity index (χ1) is 12.1. The summed E-state index contributed by atoms with van der Waals surface area (Å²) < 4.78 is 0. The summed E-state index contributed by atoms with van der Waals surface area (Å²) >= 11 is 0. The van der Waals surface area contributed by atoms with Crippen LogP contribution in [0.15, 0.2) is 60.7 Å². The molecule has 1 heterocycles. The number of nitrogens with one attached hydrogen (secondary N) is 1. The first-order valence-electron chi connectivity index (χ1n) is 8.10. The third kappa shape index (κ3) is 4.01. The zero-order valence-corrected chi connectivity index (χ0v) is 13.6.